The Morgan fingerprint density at radius 3 is 3.00 bits per heavy atom. The van der Waals surface area contributed by atoms with Gasteiger partial charge in [-0.2, -0.15) is 0 Å². The summed E-state index contributed by atoms with van der Waals surface area (Å²) in [6.45, 7) is 0. The molecule has 1 aliphatic carbocycles. The van der Waals surface area contributed by atoms with Gasteiger partial charge in [-0.3, -0.25) is 4.79 Å². The minimum Gasteiger partial charge on any atom is -0.496 e. The highest BCUT2D eigenvalue weighted by Gasteiger charge is 2.24. The normalized spacial score (nSPS) is 18.2. The molecule has 3 heteroatoms. The van der Waals surface area contributed by atoms with E-state index in [1.54, 1.807) is 7.11 Å². The first-order valence-electron chi connectivity index (χ1n) is 5.63. The molecule has 1 aromatic carbocycles. The number of rotatable bonds is 4. The number of carbonyl (C=O) groups excluding carboxylic acids is 1. The number of methoxy groups -OCH3 is 1. The monoisotopic (exact) mass is 219 g/mol. The third-order valence-electron chi connectivity index (χ3n) is 3.25. The highest BCUT2D eigenvalue weighted by atomic mass is 16.5. The van der Waals surface area contributed by atoms with Crippen molar-refractivity contribution in [2.24, 2.45) is 11.7 Å². The van der Waals surface area contributed by atoms with E-state index in [0.717, 1.165) is 25.0 Å². The number of nitrogens with two attached hydrogens (primary N) is 1. The standard InChI is InChI=1S/C13H17NO2/c1-16-12-4-2-3-10-7-9(8-11(10)12)5-6-13(14)15/h2-4,9H,5-8H2,1H3,(H2,14,15). The summed E-state index contributed by atoms with van der Waals surface area (Å²) in [4.78, 5) is 10.7. The lowest BCUT2D eigenvalue weighted by Crippen LogP contribution is -2.12. The number of hydrogen-bond donors (Lipinski definition) is 1. The summed E-state index contributed by atoms with van der Waals surface area (Å²) in [6, 6.07) is 6.16. The van der Waals surface area contributed by atoms with E-state index in [4.69, 9.17) is 10.5 Å². The van der Waals surface area contributed by atoms with Gasteiger partial charge < -0.3 is 10.5 Å². The largest absolute Gasteiger partial charge is 0.496 e. The van der Waals surface area contributed by atoms with Crippen molar-refractivity contribution in [2.45, 2.75) is 25.7 Å². The van der Waals surface area contributed by atoms with Gasteiger partial charge in [0.2, 0.25) is 5.91 Å². The van der Waals surface area contributed by atoms with Crippen LogP contribution < -0.4 is 10.5 Å². The quantitative estimate of drug-likeness (QED) is 0.837. The average Bonchev–Trinajstić information content (AvgIpc) is 2.68. The van der Waals surface area contributed by atoms with Crippen molar-refractivity contribution >= 4 is 5.91 Å². The second-order valence-electron chi connectivity index (χ2n) is 4.38. The number of hydrogen-bond acceptors (Lipinski definition) is 2. The number of primary amides is 1. The summed E-state index contributed by atoms with van der Waals surface area (Å²) < 4.78 is 5.34. The van der Waals surface area contributed by atoms with E-state index in [0.29, 0.717) is 12.3 Å². The molecule has 16 heavy (non-hydrogen) atoms. The van der Waals surface area contributed by atoms with Crippen LogP contribution in [0, 0.1) is 5.92 Å². The molecule has 0 fully saturated rings. The van der Waals surface area contributed by atoms with Gasteiger partial charge in [0.25, 0.3) is 0 Å². The van der Waals surface area contributed by atoms with E-state index in [9.17, 15) is 4.79 Å². The summed E-state index contributed by atoms with van der Waals surface area (Å²) in [7, 11) is 1.70. The zero-order valence-electron chi connectivity index (χ0n) is 9.53. The molecule has 1 unspecified atom stereocenters. The second-order valence-corrected chi connectivity index (χ2v) is 4.38. The first kappa shape index (κ1) is 11.0. The van der Waals surface area contributed by atoms with Gasteiger partial charge in [-0.25, -0.2) is 0 Å². The molecule has 1 atom stereocenters. The average molecular weight is 219 g/mol. The summed E-state index contributed by atoms with van der Waals surface area (Å²) in [5.41, 5.74) is 7.83. The Balaban J connectivity index is 2.06. The Kier molecular flexibility index (Phi) is 3.13. The molecule has 3 nitrogen and oxygen atoms in total. The van der Waals surface area contributed by atoms with Crippen molar-refractivity contribution in [1.29, 1.82) is 0 Å². The van der Waals surface area contributed by atoms with E-state index >= 15 is 0 Å². The van der Waals surface area contributed by atoms with Crippen LogP contribution in [0.3, 0.4) is 0 Å². The minimum atomic E-state index is -0.206. The topological polar surface area (TPSA) is 52.3 Å². The maximum Gasteiger partial charge on any atom is 0.217 e. The van der Waals surface area contributed by atoms with Crippen molar-refractivity contribution in [3.05, 3.63) is 29.3 Å². The van der Waals surface area contributed by atoms with Crippen LogP contribution in [0.1, 0.15) is 24.0 Å². The van der Waals surface area contributed by atoms with Gasteiger partial charge in [-0.1, -0.05) is 12.1 Å². The Morgan fingerprint density at radius 2 is 2.31 bits per heavy atom. The molecule has 0 aliphatic heterocycles. The Hall–Kier alpha value is -1.51. The number of carbonyl (C=O) groups is 1. The van der Waals surface area contributed by atoms with Crippen molar-refractivity contribution in [2.75, 3.05) is 7.11 Å². The lowest BCUT2D eigenvalue weighted by Gasteiger charge is -2.07. The van der Waals surface area contributed by atoms with E-state index in [1.807, 2.05) is 12.1 Å². The molecule has 1 aromatic rings. The SMILES string of the molecule is COc1cccc2c1CC(CCC(N)=O)C2. The Labute approximate surface area is 95.6 Å². The maximum atomic E-state index is 10.7. The highest BCUT2D eigenvalue weighted by Crippen LogP contribution is 2.35. The van der Waals surface area contributed by atoms with Crippen LogP contribution in [0.5, 0.6) is 5.75 Å². The molecule has 0 radical (unpaired) electrons. The first-order chi connectivity index (χ1) is 7.70. The smallest absolute Gasteiger partial charge is 0.217 e. The summed E-state index contributed by atoms with van der Waals surface area (Å²) in [5, 5.41) is 0. The Morgan fingerprint density at radius 1 is 1.50 bits per heavy atom. The summed E-state index contributed by atoms with van der Waals surface area (Å²) >= 11 is 0. The van der Waals surface area contributed by atoms with Gasteiger partial charge in [0, 0.05) is 6.42 Å². The van der Waals surface area contributed by atoms with Crippen molar-refractivity contribution < 1.29 is 9.53 Å². The Bertz CT molecular complexity index is 401. The van der Waals surface area contributed by atoms with Gasteiger partial charge in [-0.15, -0.1) is 0 Å². The molecular formula is C13H17NO2. The van der Waals surface area contributed by atoms with Crippen LogP contribution in [0.2, 0.25) is 0 Å². The number of benzene rings is 1. The van der Waals surface area contributed by atoms with Gasteiger partial charge in [0.15, 0.2) is 0 Å². The molecule has 1 amide bonds. The fraction of sp³-hybridized carbons (Fsp3) is 0.462. The molecule has 0 bridgehead atoms. The van der Waals surface area contributed by atoms with Crippen LogP contribution in [0.4, 0.5) is 0 Å². The molecule has 1 aliphatic rings. The lowest BCUT2D eigenvalue weighted by molar-refractivity contribution is -0.118. The zero-order valence-corrected chi connectivity index (χ0v) is 9.53. The third kappa shape index (κ3) is 2.18. The number of ether oxygens (including phenoxy) is 1. The van der Waals surface area contributed by atoms with Crippen LogP contribution in [-0.4, -0.2) is 13.0 Å². The highest BCUT2D eigenvalue weighted by molar-refractivity contribution is 5.73. The molecule has 0 saturated heterocycles. The number of fused-ring (bicyclic) bond motifs is 1. The molecule has 0 saturated carbocycles. The molecule has 86 valence electrons. The van der Waals surface area contributed by atoms with E-state index in [2.05, 4.69) is 6.07 Å². The number of amides is 1. The molecule has 2 rings (SSSR count). The molecule has 0 heterocycles. The first-order valence-corrected chi connectivity index (χ1v) is 5.63. The minimum absolute atomic E-state index is 0.206. The second kappa shape index (κ2) is 4.56. The van der Waals surface area contributed by atoms with Crippen LogP contribution in [-0.2, 0) is 17.6 Å². The van der Waals surface area contributed by atoms with Crippen LogP contribution in [0.25, 0.3) is 0 Å². The predicted octanol–water partition coefficient (Wildman–Crippen LogP) is 1.68. The van der Waals surface area contributed by atoms with Crippen LogP contribution in [0.15, 0.2) is 18.2 Å². The molecule has 0 aromatic heterocycles. The van der Waals surface area contributed by atoms with Crippen molar-refractivity contribution in [3.8, 4) is 5.75 Å². The molecule has 0 spiro atoms. The summed E-state index contributed by atoms with van der Waals surface area (Å²) in [5.74, 6) is 1.31. The van der Waals surface area contributed by atoms with Crippen LogP contribution >= 0.6 is 0 Å². The molecule has 2 N–H and O–H groups in total. The van der Waals surface area contributed by atoms with Gasteiger partial charge in [0.1, 0.15) is 5.75 Å². The van der Waals surface area contributed by atoms with E-state index in [1.165, 1.54) is 11.1 Å². The van der Waals surface area contributed by atoms with Gasteiger partial charge in [0.05, 0.1) is 7.11 Å². The van der Waals surface area contributed by atoms with Gasteiger partial charge >= 0.3 is 0 Å². The predicted molar refractivity (Wildman–Crippen MR) is 62.3 cm³/mol. The van der Waals surface area contributed by atoms with E-state index < -0.39 is 0 Å². The zero-order chi connectivity index (χ0) is 11.5. The maximum absolute atomic E-state index is 10.7. The lowest BCUT2D eigenvalue weighted by atomic mass is 10.00. The fourth-order valence-corrected chi connectivity index (χ4v) is 2.45. The van der Waals surface area contributed by atoms with E-state index in [-0.39, 0.29) is 5.91 Å². The van der Waals surface area contributed by atoms with Crippen molar-refractivity contribution in [1.82, 2.24) is 0 Å². The third-order valence-corrected chi connectivity index (χ3v) is 3.25. The van der Waals surface area contributed by atoms with Gasteiger partial charge in [-0.05, 0) is 42.4 Å². The van der Waals surface area contributed by atoms with Crippen molar-refractivity contribution in [3.63, 3.8) is 0 Å². The molecular weight excluding hydrogens is 202 g/mol. The fourth-order valence-electron chi connectivity index (χ4n) is 2.45. The summed E-state index contributed by atoms with van der Waals surface area (Å²) in [6.07, 6.45) is 3.42.